The molecule has 4 aromatic carbocycles. The Hall–Kier alpha value is -4.80. The topological polar surface area (TPSA) is 263 Å². The molecule has 0 spiro atoms. The number of ether oxygens (including phenoxy) is 26. The summed E-state index contributed by atoms with van der Waals surface area (Å²) < 4.78 is 143. The van der Waals surface area contributed by atoms with Gasteiger partial charge in [-0.05, 0) is 246 Å². The Kier molecular flexibility index (Phi) is 40.2. The summed E-state index contributed by atoms with van der Waals surface area (Å²) in [5.74, 6) is 15.6. The van der Waals surface area contributed by atoms with E-state index in [9.17, 15) is 0 Å². The number of rotatable bonds is 43. The molecule has 26 nitrogen and oxygen atoms in total. The van der Waals surface area contributed by atoms with E-state index < -0.39 is 0 Å². The van der Waals surface area contributed by atoms with Crippen molar-refractivity contribution in [3.8, 4) is 23.0 Å². The highest BCUT2D eigenvalue weighted by Gasteiger charge is 2.68. The minimum absolute atomic E-state index is 0. The Morgan fingerprint density at radius 3 is 1.00 bits per heavy atom. The first-order valence-electron chi connectivity index (χ1n) is 54.7. The minimum Gasteiger partial charge on any atom is -0.493 e. The molecule has 27 rings (SSSR count). The van der Waals surface area contributed by atoms with E-state index in [4.69, 9.17) is 123 Å². The monoisotopic (exact) mass is 2020 g/mol. The first kappa shape index (κ1) is 112. The average Bonchev–Trinajstić information content (AvgIpc) is 1.54. The van der Waals surface area contributed by atoms with Crippen LogP contribution in [0.15, 0.2) is 97.1 Å². The number of hydrogen-bond acceptors (Lipinski definition) is 26. The fourth-order valence-electron chi connectivity index (χ4n) is 24.6. The maximum absolute atomic E-state index is 6.37. The normalized spacial score (nSPS) is 34.1. The quantitative estimate of drug-likeness (QED) is 0.0373. The maximum Gasteiger partial charge on any atom is 0.119 e. The van der Waals surface area contributed by atoms with Gasteiger partial charge in [-0.25, -0.2) is 0 Å². The Morgan fingerprint density at radius 1 is 0.292 bits per heavy atom. The highest BCUT2D eigenvalue weighted by Crippen LogP contribution is 2.67. The lowest BCUT2D eigenvalue weighted by molar-refractivity contribution is -0.168. The van der Waals surface area contributed by atoms with Gasteiger partial charge in [-0.1, -0.05) is 126 Å². The van der Waals surface area contributed by atoms with Gasteiger partial charge in [0.1, 0.15) is 66.7 Å². The molecule has 0 radical (unpaired) electrons. The van der Waals surface area contributed by atoms with E-state index >= 15 is 0 Å². The lowest BCUT2D eigenvalue weighted by Crippen LogP contribution is -2.47. The average molecular weight is 2020 g/mol. The zero-order valence-corrected chi connectivity index (χ0v) is 86.4. The fraction of sp³-hybridized carbons (Fsp3) is 0.797. The molecule has 23 aliphatic rings. The van der Waals surface area contributed by atoms with Gasteiger partial charge in [-0.15, -0.1) is 0 Å². The molecule has 0 N–H and O–H groups in total. The third-order valence-corrected chi connectivity index (χ3v) is 34.6. The molecule has 23 unspecified atom stereocenters. The van der Waals surface area contributed by atoms with Crippen LogP contribution >= 0.6 is 0 Å². The number of benzene rings is 4. The third kappa shape index (κ3) is 30.9. The largest absolute Gasteiger partial charge is 0.493 e. The van der Waals surface area contributed by atoms with Crippen LogP contribution in [0.4, 0.5) is 0 Å². The summed E-state index contributed by atoms with van der Waals surface area (Å²) >= 11 is 0. The van der Waals surface area contributed by atoms with Crippen molar-refractivity contribution in [2.75, 3.05) is 218 Å². The molecule has 14 heterocycles. The molecule has 23 atom stereocenters. The van der Waals surface area contributed by atoms with Crippen LogP contribution in [0.5, 0.6) is 23.0 Å². The van der Waals surface area contributed by atoms with Crippen LogP contribution in [0.25, 0.3) is 0 Å². The zero-order chi connectivity index (χ0) is 96.9. The lowest BCUT2D eigenvalue weighted by Gasteiger charge is -2.42. The number of epoxide rings is 7. The molecule has 810 valence electrons. The summed E-state index contributed by atoms with van der Waals surface area (Å²) in [5, 5.41) is 0. The van der Waals surface area contributed by atoms with Gasteiger partial charge >= 0.3 is 0 Å². The van der Waals surface area contributed by atoms with Crippen molar-refractivity contribution in [1.82, 2.24) is 0 Å². The van der Waals surface area contributed by atoms with Gasteiger partial charge in [0, 0.05) is 45.7 Å². The fourth-order valence-corrected chi connectivity index (χ4v) is 24.6. The van der Waals surface area contributed by atoms with E-state index in [0.29, 0.717) is 137 Å². The van der Waals surface area contributed by atoms with Crippen LogP contribution in [-0.2, 0) is 131 Å². The van der Waals surface area contributed by atoms with E-state index in [1.807, 2.05) is 80.6 Å². The molecule has 14 aliphatic heterocycles. The van der Waals surface area contributed by atoms with Gasteiger partial charge in [0.2, 0.25) is 0 Å². The van der Waals surface area contributed by atoms with E-state index in [1.54, 1.807) is 38.5 Å². The van der Waals surface area contributed by atoms with Crippen LogP contribution in [0.2, 0.25) is 0 Å². The van der Waals surface area contributed by atoms with Gasteiger partial charge in [-0.2, -0.15) is 0 Å². The molecule has 0 amide bonds. The van der Waals surface area contributed by atoms with E-state index in [2.05, 4.69) is 78.8 Å². The van der Waals surface area contributed by atoms with Gasteiger partial charge < -0.3 is 123 Å². The predicted molar refractivity (Wildman–Crippen MR) is 549 cm³/mol. The van der Waals surface area contributed by atoms with Crippen molar-refractivity contribution >= 4 is 0 Å². The lowest BCUT2D eigenvalue weighted by atomic mass is 9.79. The van der Waals surface area contributed by atoms with Crippen molar-refractivity contribution in [3.05, 3.63) is 119 Å². The maximum atomic E-state index is 6.37. The van der Waals surface area contributed by atoms with Gasteiger partial charge in [-0.3, -0.25) is 0 Å². The van der Waals surface area contributed by atoms with Crippen molar-refractivity contribution in [2.45, 2.75) is 274 Å². The van der Waals surface area contributed by atoms with Crippen molar-refractivity contribution < 1.29 is 123 Å². The Morgan fingerprint density at radius 2 is 0.625 bits per heavy atom. The van der Waals surface area contributed by atoms with Crippen LogP contribution < -0.4 is 18.9 Å². The van der Waals surface area contributed by atoms with Crippen LogP contribution in [0, 0.1) is 109 Å². The van der Waals surface area contributed by atoms with E-state index in [0.717, 1.165) is 290 Å². The van der Waals surface area contributed by atoms with Crippen LogP contribution in [-0.4, -0.2) is 285 Å². The number of fused-ring (bicyclic) bond motifs is 19. The molecule has 6 bridgehead atoms. The first-order valence-corrected chi connectivity index (χ1v) is 54.7. The molecule has 23 fully saturated rings. The zero-order valence-electron chi connectivity index (χ0n) is 86.4. The summed E-state index contributed by atoms with van der Waals surface area (Å²) in [6.45, 7) is 48.6. The second-order valence-corrected chi connectivity index (χ2v) is 47.4. The molecule has 144 heavy (non-hydrogen) atoms. The van der Waals surface area contributed by atoms with Crippen LogP contribution in [0.1, 0.15) is 203 Å². The molecular weight excluding hydrogens is 1830 g/mol. The second-order valence-electron chi connectivity index (χ2n) is 47.4. The Labute approximate surface area is 862 Å². The molecule has 0 aromatic heterocycles. The predicted octanol–water partition coefficient (Wildman–Crippen LogP) is 19.2. The Bertz CT molecular complexity index is 4420. The van der Waals surface area contributed by atoms with Crippen molar-refractivity contribution in [3.63, 3.8) is 0 Å². The molecule has 9 saturated carbocycles. The second kappa shape index (κ2) is 51.8. The number of hydrogen-bond donors (Lipinski definition) is 0. The Balaban J connectivity index is 0.000000118. The first-order chi connectivity index (χ1) is 68.7. The SMILES string of the molecule is C.C.C.C1CC2C3CCC(C3)C2C1.CC1(COC2CC3CC2C2C3CC3OC32)COC1.CC1(COCc2cccc(OCC3CO3)c2)COC1.CC1(COc2cccc(COCC3CO3)c2)COC1.CCC1(COC2CC3CC2C2C3CC3OC32)COC1.CCC1(COCc2cccc(OCC3CO3)c2)COC1.CCC1(COc2cccc(COCC3CO3)c2)COC1.CCOCC1(C)COC1.CCOCC1CO1. The summed E-state index contributed by atoms with van der Waals surface area (Å²) in [7, 11) is 0. The van der Waals surface area contributed by atoms with Crippen molar-refractivity contribution in [2.24, 2.45) is 109 Å². The molecule has 26 heteroatoms. The van der Waals surface area contributed by atoms with Gasteiger partial charge in [0.25, 0.3) is 0 Å². The van der Waals surface area contributed by atoms with Gasteiger partial charge in [0.05, 0.1) is 260 Å². The standard InChI is InChI=1S/2C16H22O4.C16H24O3.2C15H20O4.C15H22O3.C10H16.C7H14O2.C5H10O2.3CH4/c1-2-16(11-18-12-16)10-17-7-13-4-3-5-14(6-13)19-8-15-9-20-15;1-2-16(10-18-11-16)12-20-14-5-3-4-13(6-14)7-17-8-15-9-19-15;1-2-16(6-17-7-16)8-18-12-4-9-3-11(12)14-10(9)5-13-15(14)19-13;1-15(10-17-11-15)9-16-6-12-3-2-4-13(5-12)18-7-14-8-19-14;1-15(9-17-10-15)11-19-13-4-2-3-12(5-13)6-16-7-14-8-18-14;1-15(5-16-6-15)7-17-11-3-8-2-10(11)13-9(8)4-12-14(13)18-12;1-2-9-7-4-5-8(6-7)10(9)3-1;1-3-8-4-7(2)5-9-6-7;1-2-6-3-5-4-7-5;;;/h2*3-6,15H,2,7-12H2,1H3;9-15H,2-8H2,1H3;2*2-5,14H,6-11H2,1H3;8-14H,2-7H2,1H3;7-10H,1-6H2;3-6H2,1-2H3;5H,2-4H2,1H3;3*1H4. The molecule has 14 saturated heterocycles. The summed E-state index contributed by atoms with van der Waals surface area (Å²) in [4.78, 5) is 0. The summed E-state index contributed by atoms with van der Waals surface area (Å²) in [6.07, 6.45) is 26.3. The molecule has 4 aromatic rings. The molecular formula is C118H182O26. The third-order valence-electron chi connectivity index (χ3n) is 34.6. The van der Waals surface area contributed by atoms with E-state index in [-0.39, 0.29) is 50.0 Å². The summed E-state index contributed by atoms with van der Waals surface area (Å²) in [5.41, 5.74) is 6.37. The van der Waals surface area contributed by atoms with Crippen LogP contribution in [0.3, 0.4) is 0 Å². The minimum atomic E-state index is 0. The highest BCUT2D eigenvalue weighted by molar-refractivity contribution is 5.32. The van der Waals surface area contributed by atoms with Crippen molar-refractivity contribution in [1.29, 1.82) is 0 Å². The van der Waals surface area contributed by atoms with Gasteiger partial charge in [0.15, 0.2) is 0 Å². The summed E-state index contributed by atoms with van der Waals surface area (Å²) in [6, 6.07) is 32.3. The highest BCUT2D eigenvalue weighted by atomic mass is 16.6. The van der Waals surface area contributed by atoms with E-state index in [1.165, 1.54) is 68.6 Å². The molecule has 9 aliphatic carbocycles. The smallest absolute Gasteiger partial charge is 0.119 e.